The van der Waals surface area contributed by atoms with Crippen LogP contribution >= 0.6 is 22.8 Å². The van der Waals surface area contributed by atoms with E-state index in [2.05, 4.69) is 94.5 Å². The molecule has 0 aliphatic rings. The maximum atomic E-state index is 13.1. The Hall–Kier alpha value is -1.89. The molecular weight excluding hydrogens is 427 g/mol. The van der Waals surface area contributed by atoms with Crippen molar-refractivity contribution in [1.29, 1.82) is 0 Å². The summed E-state index contributed by atoms with van der Waals surface area (Å²) in [5.74, 6) is 2.31. The number of benzene rings is 3. The Balaban J connectivity index is 2.17. The van der Waals surface area contributed by atoms with E-state index in [1.165, 1.54) is 15.9 Å². The Kier molecular flexibility index (Phi) is 7.89. The average molecular weight is 453 g/mol. The molecule has 0 spiro atoms. The molecule has 144 valence electrons. The van der Waals surface area contributed by atoms with Crippen molar-refractivity contribution in [3.05, 3.63) is 91.0 Å². The van der Waals surface area contributed by atoms with Crippen molar-refractivity contribution in [3.8, 4) is 0 Å². The first kappa shape index (κ1) is 20.8. The molecule has 0 amide bonds. The molecule has 0 radical (unpaired) electrons. The number of rotatable bonds is 9. The second-order valence-electron chi connectivity index (χ2n) is 6.82. The number of carbonyl (C=O) groups excluding carboxylic acids is 1. The number of unbranched alkanes of at least 4 members (excludes halogenated alkanes) is 2. The molecule has 0 atom stereocenters. The van der Waals surface area contributed by atoms with Gasteiger partial charge in [-0.15, -0.1) is 0 Å². The van der Waals surface area contributed by atoms with Gasteiger partial charge in [0, 0.05) is 11.8 Å². The van der Waals surface area contributed by atoms with Gasteiger partial charge in [-0.1, -0.05) is 113 Å². The van der Waals surface area contributed by atoms with E-state index in [1.807, 2.05) is 18.2 Å². The van der Waals surface area contributed by atoms with Crippen LogP contribution < -0.4 is 15.9 Å². The smallest absolute Gasteiger partial charge is 0.156 e. The van der Waals surface area contributed by atoms with Crippen LogP contribution in [0.1, 0.15) is 25.7 Å². The number of halogens is 1. The zero-order valence-corrected chi connectivity index (χ0v) is 18.5. The highest BCUT2D eigenvalue weighted by molar-refractivity contribution is 9.09. The van der Waals surface area contributed by atoms with Crippen LogP contribution in [0.15, 0.2) is 91.0 Å². The Morgan fingerprint density at radius 3 is 1.50 bits per heavy atom. The molecule has 0 heterocycles. The first-order valence-corrected chi connectivity index (χ1v) is 12.8. The zero-order valence-electron chi connectivity index (χ0n) is 16.0. The van der Waals surface area contributed by atoms with Gasteiger partial charge in [0.25, 0.3) is 0 Å². The van der Waals surface area contributed by atoms with Crippen LogP contribution in [-0.4, -0.2) is 16.9 Å². The van der Waals surface area contributed by atoms with Gasteiger partial charge in [-0.05, 0) is 41.4 Å². The first-order chi connectivity index (χ1) is 13.8. The molecule has 3 aromatic carbocycles. The van der Waals surface area contributed by atoms with Gasteiger partial charge in [0.15, 0.2) is 5.78 Å². The topological polar surface area (TPSA) is 17.1 Å². The quantitative estimate of drug-likeness (QED) is 0.244. The molecule has 0 aliphatic heterocycles. The van der Waals surface area contributed by atoms with Gasteiger partial charge < -0.3 is 0 Å². The summed E-state index contributed by atoms with van der Waals surface area (Å²) in [4.78, 5) is 13.1. The lowest BCUT2D eigenvalue weighted by atomic mass is 10.2. The summed E-state index contributed by atoms with van der Waals surface area (Å²) >= 11 is 3.47. The van der Waals surface area contributed by atoms with Gasteiger partial charge in [-0.3, -0.25) is 4.79 Å². The van der Waals surface area contributed by atoms with E-state index >= 15 is 0 Å². The number of alkyl halides is 1. The van der Waals surface area contributed by atoms with Crippen molar-refractivity contribution < 1.29 is 4.79 Å². The summed E-state index contributed by atoms with van der Waals surface area (Å²) in [6.07, 6.45) is 3.75. The summed E-state index contributed by atoms with van der Waals surface area (Å²) in [6.45, 7) is -2.15. The predicted octanol–water partition coefficient (Wildman–Crippen LogP) is 5.31. The molecule has 28 heavy (non-hydrogen) atoms. The highest BCUT2D eigenvalue weighted by atomic mass is 79.9. The van der Waals surface area contributed by atoms with Gasteiger partial charge in [0.1, 0.15) is 0 Å². The molecule has 0 saturated heterocycles. The molecule has 3 heteroatoms. The molecule has 0 bridgehead atoms. The first-order valence-electron chi connectivity index (χ1n) is 9.77. The summed E-state index contributed by atoms with van der Waals surface area (Å²) in [5.41, 5.74) is 0. The Bertz CT molecular complexity index is 817. The summed E-state index contributed by atoms with van der Waals surface area (Å²) in [5, 5.41) is 4.67. The Morgan fingerprint density at radius 2 is 1.11 bits per heavy atom. The van der Waals surface area contributed by atoms with Crippen LogP contribution in [0.5, 0.6) is 0 Å². The summed E-state index contributed by atoms with van der Waals surface area (Å²) in [7, 11) is 0. The number of Topliss-reactive ketones (excluding diaryl/α,β-unsaturated/α-hetero) is 1. The standard InChI is InChI=1S/C25H26BrOP/c26-20-12-4-5-13-22(27)21-28(23-14-6-1-7-15-23,24-16-8-2-9-17-24)25-18-10-3-11-19-25/h1-3,6-11,14-19,21H,4-5,12-13,20H2. The minimum atomic E-state index is -2.15. The van der Waals surface area contributed by atoms with Crippen molar-refractivity contribution in [2.45, 2.75) is 25.7 Å². The number of ketones is 1. The fourth-order valence-corrected chi connectivity index (χ4v) is 7.74. The Morgan fingerprint density at radius 1 is 0.679 bits per heavy atom. The van der Waals surface area contributed by atoms with Crippen LogP contribution in [0.2, 0.25) is 0 Å². The van der Waals surface area contributed by atoms with Crippen molar-refractivity contribution in [2.24, 2.45) is 0 Å². The van der Waals surface area contributed by atoms with E-state index in [-0.39, 0.29) is 5.78 Å². The van der Waals surface area contributed by atoms with E-state index in [9.17, 15) is 4.79 Å². The molecule has 3 rings (SSSR count). The van der Waals surface area contributed by atoms with Crippen LogP contribution in [0, 0.1) is 0 Å². The zero-order chi connectivity index (χ0) is 19.7. The molecule has 0 N–H and O–H groups in total. The minimum absolute atomic E-state index is 0.250. The van der Waals surface area contributed by atoms with E-state index in [4.69, 9.17) is 0 Å². The van der Waals surface area contributed by atoms with E-state index in [1.54, 1.807) is 0 Å². The summed E-state index contributed by atoms with van der Waals surface area (Å²) in [6, 6.07) is 31.6. The van der Waals surface area contributed by atoms with Crippen LogP contribution in [0.4, 0.5) is 0 Å². The molecule has 1 nitrogen and oxygen atoms in total. The van der Waals surface area contributed by atoms with E-state index in [0.717, 1.165) is 24.6 Å². The fourth-order valence-electron chi connectivity index (χ4n) is 3.51. The average Bonchev–Trinajstić information content (AvgIpc) is 2.77. The maximum absolute atomic E-state index is 13.1. The molecule has 0 fully saturated rings. The molecule has 3 aromatic rings. The molecule has 0 saturated carbocycles. The molecule has 0 aromatic heterocycles. The lowest BCUT2D eigenvalue weighted by Gasteiger charge is -2.28. The number of carbonyl (C=O) groups is 1. The molecular formula is C25H26BrOP. The maximum Gasteiger partial charge on any atom is 0.156 e. The van der Waals surface area contributed by atoms with Crippen molar-refractivity contribution >= 4 is 50.3 Å². The lowest BCUT2D eigenvalue weighted by Crippen LogP contribution is -2.28. The highest BCUT2D eigenvalue weighted by Gasteiger charge is 2.25. The predicted molar refractivity (Wildman–Crippen MR) is 128 cm³/mol. The van der Waals surface area contributed by atoms with Crippen LogP contribution in [-0.2, 0) is 4.79 Å². The third-order valence-electron chi connectivity index (χ3n) is 4.88. The van der Waals surface area contributed by atoms with Crippen molar-refractivity contribution in [1.82, 2.24) is 0 Å². The summed E-state index contributed by atoms with van der Waals surface area (Å²) < 4.78 is 0. The van der Waals surface area contributed by atoms with Gasteiger partial charge in [-0.25, -0.2) is 0 Å². The third-order valence-corrected chi connectivity index (χ3v) is 9.46. The number of hydrogen-bond acceptors (Lipinski definition) is 1. The minimum Gasteiger partial charge on any atom is -0.295 e. The van der Waals surface area contributed by atoms with Gasteiger partial charge in [0.05, 0.1) is 0 Å². The highest BCUT2D eigenvalue weighted by Crippen LogP contribution is 2.43. The van der Waals surface area contributed by atoms with Gasteiger partial charge in [-0.2, -0.15) is 0 Å². The van der Waals surface area contributed by atoms with Gasteiger partial charge >= 0.3 is 0 Å². The molecule has 0 unspecified atom stereocenters. The lowest BCUT2D eigenvalue weighted by molar-refractivity contribution is -0.112. The Labute approximate surface area is 176 Å². The van der Waals surface area contributed by atoms with E-state index < -0.39 is 6.89 Å². The van der Waals surface area contributed by atoms with Crippen LogP contribution in [0.25, 0.3) is 0 Å². The van der Waals surface area contributed by atoms with Gasteiger partial charge in [0.2, 0.25) is 0 Å². The van der Waals surface area contributed by atoms with Crippen LogP contribution in [0.3, 0.4) is 0 Å². The third kappa shape index (κ3) is 4.93. The second-order valence-corrected chi connectivity index (χ2v) is 10.9. The fraction of sp³-hybridized carbons (Fsp3) is 0.200. The normalized spacial score (nSPS) is 11.2. The molecule has 0 aliphatic carbocycles. The largest absolute Gasteiger partial charge is 0.295 e. The van der Waals surface area contributed by atoms with Crippen molar-refractivity contribution in [2.75, 3.05) is 5.33 Å². The number of hydrogen-bond donors (Lipinski definition) is 0. The monoisotopic (exact) mass is 452 g/mol. The van der Waals surface area contributed by atoms with Crippen molar-refractivity contribution in [3.63, 3.8) is 0 Å². The second kappa shape index (κ2) is 10.6. The SMILES string of the molecule is O=C(C=P(c1ccccc1)(c1ccccc1)c1ccccc1)CCCCCBr. The van der Waals surface area contributed by atoms with E-state index in [0.29, 0.717) is 6.42 Å².